The first-order chi connectivity index (χ1) is 8.25. The number of hydrogen-bond acceptors (Lipinski definition) is 4. The van der Waals surface area contributed by atoms with E-state index in [9.17, 15) is 9.59 Å². The predicted octanol–water partition coefficient (Wildman–Crippen LogP) is 0.383. The highest BCUT2D eigenvalue weighted by molar-refractivity contribution is 6.07. The molecule has 0 radical (unpaired) electrons. The van der Waals surface area contributed by atoms with E-state index in [4.69, 9.17) is 4.84 Å². The van der Waals surface area contributed by atoms with Gasteiger partial charge in [0.25, 0.3) is 0 Å². The zero-order chi connectivity index (χ0) is 11.8. The van der Waals surface area contributed by atoms with Gasteiger partial charge in [0.2, 0.25) is 5.91 Å². The Kier molecular flexibility index (Phi) is 2.21. The molecule has 17 heavy (non-hydrogen) atoms. The van der Waals surface area contributed by atoms with Crippen molar-refractivity contribution in [3.05, 3.63) is 24.3 Å². The van der Waals surface area contributed by atoms with Crippen LogP contribution in [-0.2, 0) is 9.63 Å². The summed E-state index contributed by atoms with van der Waals surface area (Å²) in [5, 5.41) is 6.22. The van der Waals surface area contributed by atoms with E-state index in [2.05, 4.69) is 10.5 Å². The van der Waals surface area contributed by atoms with Crippen LogP contribution in [0.3, 0.4) is 0 Å². The van der Waals surface area contributed by atoms with Crippen molar-refractivity contribution < 1.29 is 14.4 Å². The summed E-state index contributed by atoms with van der Waals surface area (Å²) in [6.07, 6.45) is 7.79. The highest BCUT2D eigenvalue weighted by Gasteiger charge is 2.39. The highest BCUT2D eigenvalue weighted by Crippen LogP contribution is 2.26. The first kappa shape index (κ1) is 10.1. The number of urea groups is 1. The molecule has 2 unspecified atom stereocenters. The highest BCUT2D eigenvalue weighted by atomic mass is 16.6. The second-order valence-electron chi connectivity index (χ2n) is 4.07. The van der Waals surface area contributed by atoms with Crippen LogP contribution in [0.25, 0.3) is 0 Å². The van der Waals surface area contributed by atoms with Crippen molar-refractivity contribution in [2.75, 3.05) is 6.54 Å². The van der Waals surface area contributed by atoms with Crippen molar-refractivity contribution in [3.8, 4) is 0 Å². The Bertz CT molecular complexity index is 467. The molecule has 0 aromatic heterocycles. The standard InChI is InChI=1S/C11H11N3O3/c15-9-5-6-14(11(16)12-9)10-7-3-1-2-4-8(7)17-13-10/h1-4,7-8H,5-6H2,(H,12,15,16). The number of fused-ring (bicyclic) bond motifs is 1. The maximum atomic E-state index is 11.7. The Labute approximate surface area is 97.6 Å². The number of hydrogen-bond donors (Lipinski definition) is 1. The molecule has 1 saturated heterocycles. The summed E-state index contributed by atoms with van der Waals surface area (Å²) in [5.74, 6) is 0.279. The van der Waals surface area contributed by atoms with Crippen LogP contribution in [-0.4, -0.2) is 35.3 Å². The molecule has 1 aliphatic carbocycles. The molecular weight excluding hydrogens is 222 g/mol. The van der Waals surface area contributed by atoms with Crippen LogP contribution in [0.1, 0.15) is 6.42 Å². The Morgan fingerprint density at radius 3 is 3.00 bits per heavy atom. The SMILES string of the molecule is O=C1CCN(C2=NOC3C=CC=CC23)C(=O)N1. The number of amidine groups is 1. The Morgan fingerprint density at radius 2 is 2.18 bits per heavy atom. The molecule has 2 heterocycles. The fraction of sp³-hybridized carbons (Fsp3) is 0.364. The molecule has 3 amide bonds. The van der Waals surface area contributed by atoms with E-state index < -0.39 is 6.03 Å². The third-order valence-electron chi connectivity index (χ3n) is 2.98. The van der Waals surface area contributed by atoms with Crippen molar-refractivity contribution in [1.29, 1.82) is 0 Å². The number of allylic oxidation sites excluding steroid dienone is 2. The molecular formula is C11H11N3O3. The molecule has 6 heteroatoms. The summed E-state index contributed by atoms with van der Waals surface area (Å²) in [5.41, 5.74) is 0. The van der Waals surface area contributed by atoms with Crippen molar-refractivity contribution in [2.45, 2.75) is 12.5 Å². The van der Waals surface area contributed by atoms with Gasteiger partial charge in [-0.25, -0.2) is 4.79 Å². The van der Waals surface area contributed by atoms with Crippen LogP contribution < -0.4 is 5.32 Å². The summed E-state index contributed by atoms with van der Waals surface area (Å²) in [6, 6.07) is -0.424. The summed E-state index contributed by atoms with van der Waals surface area (Å²) in [4.78, 5) is 29.5. The molecule has 2 atom stereocenters. The largest absolute Gasteiger partial charge is 0.386 e. The lowest BCUT2D eigenvalue weighted by molar-refractivity contribution is -0.121. The Balaban J connectivity index is 1.81. The summed E-state index contributed by atoms with van der Waals surface area (Å²) in [6.45, 7) is 0.355. The van der Waals surface area contributed by atoms with E-state index >= 15 is 0 Å². The number of nitrogens with one attached hydrogen (secondary N) is 1. The van der Waals surface area contributed by atoms with Gasteiger partial charge in [0.1, 0.15) is 0 Å². The van der Waals surface area contributed by atoms with E-state index in [1.54, 1.807) is 0 Å². The molecule has 0 saturated carbocycles. The van der Waals surface area contributed by atoms with E-state index in [1.165, 1.54) is 4.90 Å². The van der Waals surface area contributed by atoms with Gasteiger partial charge in [0.15, 0.2) is 11.9 Å². The number of rotatable bonds is 0. The van der Waals surface area contributed by atoms with Crippen LogP contribution in [0.15, 0.2) is 29.5 Å². The van der Waals surface area contributed by atoms with Crippen LogP contribution in [0.4, 0.5) is 4.79 Å². The molecule has 6 nitrogen and oxygen atoms in total. The number of carbonyl (C=O) groups is 2. The molecule has 0 aromatic rings. The smallest absolute Gasteiger partial charge is 0.329 e. The van der Waals surface area contributed by atoms with Crippen LogP contribution >= 0.6 is 0 Å². The first-order valence-corrected chi connectivity index (χ1v) is 5.46. The van der Waals surface area contributed by atoms with Crippen LogP contribution in [0, 0.1) is 5.92 Å². The van der Waals surface area contributed by atoms with Gasteiger partial charge in [0, 0.05) is 13.0 Å². The first-order valence-electron chi connectivity index (χ1n) is 5.46. The monoisotopic (exact) mass is 233 g/mol. The van der Waals surface area contributed by atoms with E-state index in [0.29, 0.717) is 18.8 Å². The summed E-state index contributed by atoms with van der Waals surface area (Å²) < 4.78 is 0. The molecule has 2 aliphatic heterocycles. The zero-order valence-corrected chi connectivity index (χ0v) is 9.00. The third kappa shape index (κ3) is 1.61. The lowest BCUT2D eigenvalue weighted by Crippen LogP contribution is -2.53. The number of oxime groups is 1. The minimum atomic E-state index is -0.424. The van der Waals surface area contributed by atoms with Crippen molar-refractivity contribution in [3.63, 3.8) is 0 Å². The average molecular weight is 233 g/mol. The quantitative estimate of drug-likeness (QED) is 0.657. The van der Waals surface area contributed by atoms with Gasteiger partial charge in [-0.1, -0.05) is 23.4 Å². The third-order valence-corrected chi connectivity index (χ3v) is 2.98. The number of imide groups is 1. The molecule has 88 valence electrons. The molecule has 0 spiro atoms. The number of amides is 3. The van der Waals surface area contributed by atoms with Crippen LogP contribution in [0.2, 0.25) is 0 Å². The fourth-order valence-corrected chi connectivity index (χ4v) is 2.11. The molecule has 3 aliphatic rings. The van der Waals surface area contributed by atoms with Crippen molar-refractivity contribution >= 4 is 17.8 Å². The molecule has 0 aromatic carbocycles. The fourth-order valence-electron chi connectivity index (χ4n) is 2.11. The predicted molar refractivity (Wildman–Crippen MR) is 58.9 cm³/mol. The summed E-state index contributed by atoms with van der Waals surface area (Å²) in [7, 11) is 0. The van der Waals surface area contributed by atoms with E-state index in [1.807, 2.05) is 24.3 Å². The van der Waals surface area contributed by atoms with Crippen molar-refractivity contribution in [1.82, 2.24) is 10.2 Å². The Morgan fingerprint density at radius 1 is 1.35 bits per heavy atom. The Hall–Kier alpha value is -2.11. The van der Waals surface area contributed by atoms with Gasteiger partial charge in [0.05, 0.1) is 5.92 Å². The average Bonchev–Trinajstić information content (AvgIpc) is 2.73. The minimum absolute atomic E-state index is 0.0426. The maximum absolute atomic E-state index is 11.7. The second kappa shape index (κ2) is 3.73. The van der Waals surface area contributed by atoms with Gasteiger partial charge in [-0.15, -0.1) is 0 Å². The van der Waals surface area contributed by atoms with Gasteiger partial charge in [-0.05, 0) is 6.08 Å². The zero-order valence-electron chi connectivity index (χ0n) is 9.00. The molecule has 1 fully saturated rings. The van der Waals surface area contributed by atoms with Crippen LogP contribution in [0.5, 0.6) is 0 Å². The normalized spacial score (nSPS) is 30.8. The number of carbonyl (C=O) groups excluding carboxylic acids is 2. The van der Waals surface area contributed by atoms with E-state index in [0.717, 1.165) is 0 Å². The molecule has 1 N–H and O–H groups in total. The lowest BCUT2D eigenvalue weighted by Gasteiger charge is -2.28. The van der Waals surface area contributed by atoms with Gasteiger partial charge < -0.3 is 4.84 Å². The van der Waals surface area contributed by atoms with Gasteiger partial charge in [-0.3, -0.25) is 15.0 Å². The number of nitrogens with zero attached hydrogens (tertiary/aromatic N) is 2. The molecule has 0 bridgehead atoms. The van der Waals surface area contributed by atoms with E-state index in [-0.39, 0.29) is 17.9 Å². The van der Waals surface area contributed by atoms with Crippen molar-refractivity contribution in [2.24, 2.45) is 11.1 Å². The topological polar surface area (TPSA) is 71.0 Å². The molecule has 3 rings (SSSR count). The minimum Gasteiger partial charge on any atom is -0.386 e. The van der Waals surface area contributed by atoms with Gasteiger partial charge in [-0.2, -0.15) is 0 Å². The summed E-state index contributed by atoms with van der Waals surface area (Å²) >= 11 is 0. The maximum Gasteiger partial charge on any atom is 0.329 e. The lowest BCUT2D eigenvalue weighted by atomic mass is 9.96. The second-order valence-corrected chi connectivity index (χ2v) is 4.07. The van der Waals surface area contributed by atoms with Gasteiger partial charge >= 0.3 is 6.03 Å².